The fourth-order valence-electron chi connectivity index (χ4n) is 0.312. The summed E-state index contributed by atoms with van der Waals surface area (Å²) in [5, 5.41) is 7.41. The second-order valence-electron chi connectivity index (χ2n) is 1.95. The summed E-state index contributed by atoms with van der Waals surface area (Å²) in [6, 6.07) is 0. The summed E-state index contributed by atoms with van der Waals surface area (Å²) < 4.78 is 80.5. The molecule has 5 N–H and O–H groups in total. The predicted octanol–water partition coefficient (Wildman–Crippen LogP) is 2.28. The molecule has 0 saturated carbocycles. The largest absolute Gasteiger partial charge is 0.477 e. The maximum absolute atomic E-state index is 11.8. The third kappa shape index (κ3) is 2.05. The summed E-state index contributed by atoms with van der Waals surface area (Å²) in [5.74, 6) is -16.3. The van der Waals surface area contributed by atoms with Gasteiger partial charge in [-0.2, -0.15) is 30.7 Å². The quantitative estimate of drug-likeness (QED) is 0.716. The van der Waals surface area contributed by atoms with Crippen molar-refractivity contribution >= 4 is 5.97 Å². The first kappa shape index (κ1) is 15.4. The van der Waals surface area contributed by atoms with Crippen molar-refractivity contribution in [3.8, 4) is 0 Å². The van der Waals surface area contributed by atoms with Crippen molar-refractivity contribution in [2.45, 2.75) is 18.0 Å². The molecule has 0 aliphatic carbocycles. The number of halogens is 7. The van der Waals surface area contributed by atoms with Gasteiger partial charge in [0, 0.05) is 0 Å². The van der Waals surface area contributed by atoms with Crippen molar-refractivity contribution in [3.05, 3.63) is 0 Å². The summed E-state index contributed by atoms with van der Waals surface area (Å²) in [5.41, 5.74) is 0. The molecule has 10 heteroatoms. The number of hydrogen-bond acceptors (Lipinski definition) is 1. The number of quaternary nitrogens is 1. The van der Waals surface area contributed by atoms with Gasteiger partial charge in [-0.3, -0.25) is 0 Å². The molecule has 0 heterocycles. The van der Waals surface area contributed by atoms with Crippen molar-refractivity contribution in [2.24, 2.45) is 0 Å². The van der Waals surface area contributed by atoms with Gasteiger partial charge in [0.25, 0.3) is 0 Å². The Bertz CT molecular complexity index is 222. The Kier molecular flexibility index (Phi) is 3.96. The highest BCUT2D eigenvalue weighted by molar-refractivity contribution is 5.76. The maximum atomic E-state index is 11.8. The zero-order valence-electron chi connectivity index (χ0n) is 6.50. The summed E-state index contributed by atoms with van der Waals surface area (Å²) in [6.45, 7) is 0. The van der Waals surface area contributed by atoms with E-state index in [9.17, 15) is 35.5 Å². The molecule has 0 aliphatic heterocycles. The average molecular weight is 232 g/mol. The maximum Gasteiger partial charge on any atom is 0.460 e. The topological polar surface area (TPSA) is 73.8 Å². The zero-order valence-corrected chi connectivity index (χ0v) is 6.50. The highest BCUT2D eigenvalue weighted by atomic mass is 19.4. The fraction of sp³-hybridized carbons (Fsp3) is 0.750. The molecule has 0 saturated heterocycles. The minimum atomic E-state index is -6.60. The Hall–Kier alpha value is -1.06. The van der Waals surface area contributed by atoms with Crippen LogP contribution in [0.1, 0.15) is 0 Å². The molecule has 0 aromatic rings. The van der Waals surface area contributed by atoms with Crippen LogP contribution in [0.25, 0.3) is 0 Å². The predicted molar refractivity (Wildman–Crippen MR) is 29.6 cm³/mol. The number of carboxylic acid groups (broad SMARTS) is 1. The van der Waals surface area contributed by atoms with E-state index < -0.39 is 24.0 Å². The Balaban J connectivity index is 0. The summed E-state index contributed by atoms with van der Waals surface area (Å²) in [7, 11) is 0. The summed E-state index contributed by atoms with van der Waals surface area (Å²) >= 11 is 0. The van der Waals surface area contributed by atoms with Crippen molar-refractivity contribution in [1.82, 2.24) is 6.15 Å². The number of hydrogen-bond donors (Lipinski definition) is 2. The molecule has 0 rings (SSSR count). The molecule has 0 amide bonds. The SMILES string of the molecule is O=C(O)C(F)(F)C(F)(F)C(F)(F)F.[NH4+]. The van der Waals surface area contributed by atoms with Crippen molar-refractivity contribution in [3.63, 3.8) is 0 Å². The molecule has 0 unspecified atom stereocenters. The molecule has 3 nitrogen and oxygen atoms in total. The molecule has 0 spiro atoms. The van der Waals surface area contributed by atoms with Gasteiger partial charge >= 0.3 is 24.0 Å². The monoisotopic (exact) mass is 232 g/mol. The molecule has 14 heavy (non-hydrogen) atoms. The van der Waals surface area contributed by atoms with Gasteiger partial charge in [0.05, 0.1) is 0 Å². The number of aliphatic carboxylic acids is 1. The van der Waals surface area contributed by atoms with Crippen LogP contribution in [0.15, 0.2) is 0 Å². The molecule has 0 aromatic heterocycles. The van der Waals surface area contributed by atoms with Crippen LogP contribution >= 0.6 is 0 Å². The molecule has 0 fully saturated rings. The zero-order chi connectivity index (χ0) is 11.1. The highest BCUT2D eigenvalue weighted by Gasteiger charge is 2.76. The van der Waals surface area contributed by atoms with E-state index >= 15 is 0 Å². The van der Waals surface area contributed by atoms with E-state index in [2.05, 4.69) is 0 Å². The third-order valence-electron chi connectivity index (χ3n) is 1.02. The molecule has 0 atom stereocenters. The molecular weight excluding hydrogens is 227 g/mol. The second-order valence-corrected chi connectivity index (χ2v) is 1.95. The van der Waals surface area contributed by atoms with Crippen LogP contribution in [-0.4, -0.2) is 29.1 Å². The van der Waals surface area contributed by atoms with Crippen molar-refractivity contribution in [1.29, 1.82) is 0 Å². The molecule has 0 aliphatic rings. The first-order valence-corrected chi connectivity index (χ1v) is 2.50. The smallest absolute Gasteiger partial charge is 0.460 e. The van der Waals surface area contributed by atoms with Crippen LogP contribution in [0.5, 0.6) is 0 Å². The number of carboxylic acids is 1. The average Bonchev–Trinajstić information content (AvgIpc) is 1.84. The lowest BCUT2D eigenvalue weighted by Crippen LogP contribution is -2.56. The van der Waals surface area contributed by atoms with Gasteiger partial charge in [-0.25, -0.2) is 4.79 Å². The van der Waals surface area contributed by atoms with E-state index in [4.69, 9.17) is 5.11 Å². The Morgan fingerprint density at radius 2 is 1.21 bits per heavy atom. The number of rotatable bonds is 2. The lowest BCUT2D eigenvalue weighted by molar-refractivity contribution is -0.347. The molecule has 0 aromatic carbocycles. The van der Waals surface area contributed by atoms with Gasteiger partial charge in [0.1, 0.15) is 0 Å². The second kappa shape index (κ2) is 3.59. The third-order valence-corrected chi connectivity index (χ3v) is 1.02. The van der Waals surface area contributed by atoms with E-state index in [1.807, 2.05) is 0 Å². The standard InChI is InChI=1S/C4HF7O2.H3N/c5-2(6,1(12)13)3(7,8)4(9,10)11;/h(H,12,13);1H3/p+1. The molecule has 86 valence electrons. The lowest BCUT2D eigenvalue weighted by Gasteiger charge is -2.24. The van der Waals surface area contributed by atoms with Crippen LogP contribution < -0.4 is 6.15 Å². The van der Waals surface area contributed by atoms with E-state index in [1.54, 1.807) is 0 Å². The van der Waals surface area contributed by atoms with Gasteiger partial charge < -0.3 is 11.3 Å². The van der Waals surface area contributed by atoms with E-state index in [-0.39, 0.29) is 6.15 Å². The van der Waals surface area contributed by atoms with Crippen molar-refractivity contribution < 1.29 is 40.6 Å². The normalized spacial score (nSPS) is 13.4. The van der Waals surface area contributed by atoms with Gasteiger partial charge in [-0.1, -0.05) is 0 Å². The van der Waals surface area contributed by atoms with Gasteiger partial charge in [0.2, 0.25) is 0 Å². The number of alkyl halides is 7. The van der Waals surface area contributed by atoms with Crippen LogP contribution in [0.4, 0.5) is 30.7 Å². The van der Waals surface area contributed by atoms with E-state index in [0.29, 0.717) is 0 Å². The van der Waals surface area contributed by atoms with Crippen LogP contribution in [0.3, 0.4) is 0 Å². The fourth-order valence-corrected chi connectivity index (χ4v) is 0.312. The van der Waals surface area contributed by atoms with E-state index in [1.165, 1.54) is 0 Å². The minimum Gasteiger partial charge on any atom is -0.477 e. The highest BCUT2D eigenvalue weighted by Crippen LogP contribution is 2.46. The molecule has 0 bridgehead atoms. The first-order chi connectivity index (χ1) is 5.44. The first-order valence-electron chi connectivity index (χ1n) is 2.50. The van der Waals surface area contributed by atoms with Crippen LogP contribution in [-0.2, 0) is 4.79 Å². The van der Waals surface area contributed by atoms with Gasteiger partial charge in [-0.05, 0) is 0 Å². The Labute approximate surface area is 72.1 Å². The van der Waals surface area contributed by atoms with Crippen molar-refractivity contribution in [2.75, 3.05) is 0 Å². The summed E-state index contributed by atoms with van der Waals surface area (Å²) in [6.07, 6.45) is -6.60. The molecule has 0 radical (unpaired) electrons. The van der Waals surface area contributed by atoms with Gasteiger partial charge in [0.15, 0.2) is 0 Å². The molecular formula is C4H5F7NO2+. The van der Waals surface area contributed by atoms with E-state index in [0.717, 1.165) is 0 Å². The van der Waals surface area contributed by atoms with Crippen LogP contribution in [0, 0.1) is 0 Å². The Morgan fingerprint density at radius 3 is 1.29 bits per heavy atom. The van der Waals surface area contributed by atoms with Crippen LogP contribution in [0.2, 0.25) is 0 Å². The lowest BCUT2D eigenvalue weighted by atomic mass is 10.1. The minimum absolute atomic E-state index is 0. The van der Waals surface area contributed by atoms with Gasteiger partial charge in [-0.15, -0.1) is 0 Å². The Morgan fingerprint density at radius 1 is 0.929 bits per heavy atom. The number of carbonyl (C=O) groups is 1. The summed E-state index contributed by atoms with van der Waals surface area (Å²) in [4.78, 5) is 9.38.